The van der Waals surface area contributed by atoms with Gasteiger partial charge in [0.05, 0.1) is 15.3 Å². The van der Waals surface area contributed by atoms with E-state index in [1.807, 2.05) is 0 Å². The summed E-state index contributed by atoms with van der Waals surface area (Å²) in [4.78, 5) is 11.0. The molecular weight excluding hydrogens is 283 g/mol. The van der Waals surface area contributed by atoms with Crippen LogP contribution in [0.25, 0.3) is 5.65 Å². The number of hydrogen-bond donors (Lipinski definition) is 1. The molecule has 90 valence electrons. The van der Waals surface area contributed by atoms with Crippen LogP contribution in [0.3, 0.4) is 0 Å². The van der Waals surface area contributed by atoms with Crippen LogP contribution in [0.1, 0.15) is 6.92 Å². The van der Waals surface area contributed by atoms with Crippen LogP contribution in [0.15, 0.2) is 17.4 Å². The first kappa shape index (κ1) is 12.5. The molecule has 0 radical (unpaired) electrons. The van der Waals surface area contributed by atoms with Crippen molar-refractivity contribution in [2.24, 2.45) is 5.73 Å². The zero-order valence-corrected chi connectivity index (χ0v) is 11.1. The van der Waals surface area contributed by atoms with E-state index in [1.54, 1.807) is 23.6 Å². The van der Waals surface area contributed by atoms with E-state index in [0.717, 1.165) is 0 Å². The lowest BCUT2D eigenvalue weighted by atomic mass is 10.5. The first-order valence-electron chi connectivity index (χ1n) is 4.65. The highest BCUT2D eigenvalue weighted by Gasteiger charge is 2.16. The topological polar surface area (TPSA) is 73.3 Å². The lowest BCUT2D eigenvalue weighted by Gasteiger charge is -2.05. The minimum Gasteiger partial charge on any atom is -0.369 e. The average molecular weight is 291 g/mol. The van der Waals surface area contributed by atoms with Crippen molar-refractivity contribution >= 4 is 46.5 Å². The Balaban J connectivity index is 2.45. The van der Waals surface area contributed by atoms with Crippen molar-refractivity contribution in [2.45, 2.75) is 17.3 Å². The van der Waals surface area contributed by atoms with E-state index in [4.69, 9.17) is 28.9 Å². The summed E-state index contributed by atoms with van der Waals surface area (Å²) in [7, 11) is 0. The molecule has 0 saturated heterocycles. The van der Waals surface area contributed by atoms with Crippen molar-refractivity contribution in [3.63, 3.8) is 0 Å². The van der Waals surface area contributed by atoms with Gasteiger partial charge in [-0.2, -0.15) is 0 Å². The number of primary amides is 1. The van der Waals surface area contributed by atoms with E-state index in [0.29, 0.717) is 20.8 Å². The number of hydrogen-bond acceptors (Lipinski definition) is 4. The number of aromatic nitrogens is 3. The van der Waals surface area contributed by atoms with Crippen molar-refractivity contribution in [3.8, 4) is 0 Å². The quantitative estimate of drug-likeness (QED) is 0.878. The molecule has 0 aromatic carbocycles. The summed E-state index contributed by atoms with van der Waals surface area (Å²) in [5.41, 5.74) is 5.68. The minimum atomic E-state index is -0.417. The average Bonchev–Trinajstić information content (AvgIpc) is 2.61. The van der Waals surface area contributed by atoms with Crippen LogP contribution in [-0.4, -0.2) is 25.8 Å². The Hall–Kier alpha value is -0.980. The Bertz CT molecular complexity index is 586. The van der Waals surface area contributed by atoms with Crippen molar-refractivity contribution in [3.05, 3.63) is 22.3 Å². The van der Waals surface area contributed by atoms with Gasteiger partial charge in [-0.25, -0.2) is 0 Å². The van der Waals surface area contributed by atoms with Crippen LogP contribution >= 0.6 is 35.0 Å². The molecule has 0 fully saturated rings. The van der Waals surface area contributed by atoms with Gasteiger partial charge in [0.1, 0.15) is 0 Å². The maximum Gasteiger partial charge on any atom is 0.230 e. The number of rotatable bonds is 3. The molecule has 0 aliphatic rings. The molecule has 0 aliphatic heterocycles. The Labute approximate surface area is 111 Å². The molecule has 5 nitrogen and oxygen atoms in total. The van der Waals surface area contributed by atoms with E-state index in [9.17, 15) is 4.79 Å². The molecule has 1 amide bonds. The van der Waals surface area contributed by atoms with Gasteiger partial charge >= 0.3 is 0 Å². The molecule has 8 heteroatoms. The lowest BCUT2D eigenvalue weighted by molar-refractivity contribution is -0.117. The van der Waals surface area contributed by atoms with Crippen LogP contribution in [0.5, 0.6) is 0 Å². The van der Waals surface area contributed by atoms with Gasteiger partial charge in [-0.3, -0.25) is 9.20 Å². The Morgan fingerprint density at radius 1 is 1.53 bits per heavy atom. The maximum atomic E-state index is 11.0. The fourth-order valence-corrected chi connectivity index (χ4v) is 2.48. The fraction of sp³-hybridized carbons (Fsp3) is 0.222. The van der Waals surface area contributed by atoms with Gasteiger partial charge in [0.15, 0.2) is 10.8 Å². The summed E-state index contributed by atoms with van der Waals surface area (Å²) in [6.45, 7) is 1.69. The van der Waals surface area contributed by atoms with Gasteiger partial charge < -0.3 is 5.73 Å². The second-order valence-electron chi connectivity index (χ2n) is 3.34. The molecule has 0 bridgehead atoms. The van der Waals surface area contributed by atoms with Crippen molar-refractivity contribution in [1.29, 1.82) is 0 Å². The van der Waals surface area contributed by atoms with Crippen molar-refractivity contribution in [1.82, 2.24) is 14.6 Å². The van der Waals surface area contributed by atoms with Gasteiger partial charge in [0, 0.05) is 6.20 Å². The lowest BCUT2D eigenvalue weighted by Crippen LogP contribution is -2.22. The monoisotopic (exact) mass is 290 g/mol. The number of nitrogens with zero attached hydrogens (tertiary/aromatic N) is 3. The van der Waals surface area contributed by atoms with Gasteiger partial charge in [-0.05, 0) is 13.0 Å². The van der Waals surface area contributed by atoms with Crippen LogP contribution in [0.4, 0.5) is 0 Å². The zero-order valence-electron chi connectivity index (χ0n) is 8.72. The Kier molecular flexibility index (Phi) is 3.46. The van der Waals surface area contributed by atoms with Gasteiger partial charge in [0.25, 0.3) is 0 Å². The van der Waals surface area contributed by atoms with E-state index < -0.39 is 11.2 Å². The Morgan fingerprint density at radius 3 is 2.88 bits per heavy atom. The highest BCUT2D eigenvalue weighted by atomic mass is 35.5. The molecular formula is C9H8Cl2N4OS. The molecule has 0 aliphatic carbocycles. The number of carbonyl (C=O) groups is 1. The number of carbonyl (C=O) groups excluding carboxylic acids is 1. The first-order valence-corrected chi connectivity index (χ1v) is 6.28. The second kappa shape index (κ2) is 4.72. The molecule has 17 heavy (non-hydrogen) atoms. The molecule has 2 aromatic rings. The molecule has 2 aromatic heterocycles. The summed E-state index contributed by atoms with van der Waals surface area (Å²) in [5, 5.41) is 8.86. The van der Waals surface area contributed by atoms with Crippen LogP contribution < -0.4 is 5.73 Å². The molecule has 0 unspecified atom stereocenters. The second-order valence-corrected chi connectivity index (χ2v) is 5.50. The Morgan fingerprint density at radius 2 is 2.24 bits per heavy atom. The first-order chi connectivity index (χ1) is 7.99. The summed E-state index contributed by atoms with van der Waals surface area (Å²) >= 11 is 13.1. The number of nitrogens with two attached hydrogens (primary N) is 1. The molecule has 1 atom stereocenters. The third kappa shape index (κ3) is 2.48. The van der Waals surface area contributed by atoms with Crippen molar-refractivity contribution in [2.75, 3.05) is 0 Å². The molecule has 2 heterocycles. The zero-order chi connectivity index (χ0) is 12.6. The number of pyridine rings is 1. The van der Waals surface area contributed by atoms with Crippen LogP contribution in [0.2, 0.25) is 10.0 Å². The smallest absolute Gasteiger partial charge is 0.230 e. The minimum absolute atomic E-state index is 0.403. The summed E-state index contributed by atoms with van der Waals surface area (Å²) < 4.78 is 1.63. The summed E-state index contributed by atoms with van der Waals surface area (Å²) in [6, 6.07) is 1.58. The maximum absolute atomic E-state index is 11.0. The fourth-order valence-electron chi connectivity index (χ4n) is 1.20. The SMILES string of the molecule is C[C@@H](Sc1nnc2c(Cl)cc(Cl)cn12)C(N)=O. The van der Waals surface area contributed by atoms with Crippen molar-refractivity contribution < 1.29 is 4.79 Å². The third-order valence-corrected chi connectivity index (χ3v) is 3.64. The molecule has 0 spiro atoms. The van der Waals surface area contributed by atoms with Gasteiger partial charge in [-0.15, -0.1) is 10.2 Å². The van der Waals surface area contributed by atoms with E-state index in [-0.39, 0.29) is 0 Å². The highest BCUT2D eigenvalue weighted by molar-refractivity contribution is 8.00. The van der Waals surface area contributed by atoms with E-state index in [2.05, 4.69) is 10.2 Å². The number of thioether (sulfide) groups is 1. The highest BCUT2D eigenvalue weighted by Crippen LogP contribution is 2.27. The molecule has 0 saturated carbocycles. The van der Waals surface area contributed by atoms with E-state index in [1.165, 1.54) is 11.8 Å². The molecule has 2 rings (SSSR count). The summed E-state index contributed by atoms with van der Waals surface area (Å²) in [5.74, 6) is -0.417. The number of amides is 1. The standard InChI is InChI=1S/C9H8Cl2N4OS/c1-4(7(12)16)17-9-14-13-8-6(11)2-5(10)3-15(8)9/h2-4H,1H3,(H2,12,16)/t4-/m1/s1. The van der Waals surface area contributed by atoms with Crippen LogP contribution in [0, 0.1) is 0 Å². The van der Waals surface area contributed by atoms with Gasteiger partial charge in [0.2, 0.25) is 5.91 Å². The predicted molar refractivity (Wildman–Crippen MR) is 67.5 cm³/mol. The van der Waals surface area contributed by atoms with E-state index >= 15 is 0 Å². The van der Waals surface area contributed by atoms with Crippen LogP contribution in [-0.2, 0) is 4.79 Å². The summed E-state index contributed by atoms with van der Waals surface area (Å²) in [6.07, 6.45) is 1.64. The van der Waals surface area contributed by atoms with Gasteiger partial charge in [-0.1, -0.05) is 35.0 Å². The largest absolute Gasteiger partial charge is 0.369 e. The molecule has 2 N–H and O–H groups in total. The third-order valence-electron chi connectivity index (χ3n) is 2.08. The number of fused-ring (bicyclic) bond motifs is 1. The number of halogens is 2. The normalized spacial score (nSPS) is 12.9. The predicted octanol–water partition coefficient (Wildman–Crippen LogP) is 2.00.